The molecule has 1 heterocycles. The number of amides is 2. The van der Waals surface area contributed by atoms with Gasteiger partial charge in [0.05, 0.1) is 26.6 Å². The Morgan fingerprint density at radius 3 is 1.50 bits per heavy atom. The maximum atomic E-state index is 12.3. The van der Waals surface area contributed by atoms with E-state index >= 15 is 0 Å². The van der Waals surface area contributed by atoms with Crippen LogP contribution in [0.3, 0.4) is 0 Å². The van der Waals surface area contributed by atoms with E-state index in [0.29, 0.717) is 0 Å². The van der Waals surface area contributed by atoms with Crippen molar-refractivity contribution in [1.82, 2.24) is 15.8 Å². The van der Waals surface area contributed by atoms with Crippen LogP contribution in [0.5, 0.6) is 11.5 Å². The molecule has 3 rings (SSSR count). The molecule has 0 aliphatic heterocycles. The van der Waals surface area contributed by atoms with Crippen LogP contribution in [0.1, 0.15) is 32.1 Å². The zero-order valence-electron chi connectivity index (χ0n) is 17.5. The van der Waals surface area contributed by atoms with E-state index in [1.54, 1.807) is 68.8 Å². The predicted octanol–water partition coefficient (Wildman–Crippen LogP) is 2.63. The van der Waals surface area contributed by atoms with Gasteiger partial charge in [-0.05, 0) is 71.8 Å². The Hall–Kier alpha value is -4.53. The lowest BCUT2D eigenvalue weighted by atomic mass is 10.2. The van der Waals surface area contributed by atoms with E-state index in [9.17, 15) is 9.59 Å². The predicted molar refractivity (Wildman–Crippen MR) is 120 cm³/mol. The fourth-order valence-corrected chi connectivity index (χ4v) is 2.51. The normalized spacial score (nSPS) is 10.8. The van der Waals surface area contributed by atoms with Crippen molar-refractivity contribution in [2.45, 2.75) is 0 Å². The SMILES string of the molecule is COc1ccc(C=NNC(=O)c2cccc(C(=O)NN=Cc3ccc(OC)cc3)n2)cc1. The van der Waals surface area contributed by atoms with Crippen molar-refractivity contribution in [1.29, 1.82) is 0 Å². The molecular formula is C23H21N5O4. The summed E-state index contributed by atoms with van der Waals surface area (Å²) in [5, 5.41) is 7.81. The smallest absolute Gasteiger partial charge is 0.289 e. The van der Waals surface area contributed by atoms with Crippen molar-refractivity contribution >= 4 is 24.2 Å². The van der Waals surface area contributed by atoms with Crippen LogP contribution in [0, 0.1) is 0 Å². The lowest BCUT2D eigenvalue weighted by Gasteiger charge is -2.03. The number of ether oxygens (including phenoxy) is 2. The summed E-state index contributed by atoms with van der Waals surface area (Å²) in [5.74, 6) is 0.343. The molecule has 9 nitrogen and oxygen atoms in total. The molecule has 0 spiro atoms. The molecule has 0 aliphatic rings. The van der Waals surface area contributed by atoms with Crippen LogP contribution in [-0.2, 0) is 0 Å². The number of nitrogens with one attached hydrogen (secondary N) is 2. The van der Waals surface area contributed by atoms with Crippen molar-refractivity contribution in [3.05, 3.63) is 89.2 Å². The highest BCUT2D eigenvalue weighted by Gasteiger charge is 2.11. The molecular weight excluding hydrogens is 410 g/mol. The fourth-order valence-electron chi connectivity index (χ4n) is 2.51. The molecule has 2 aromatic carbocycles. The molecule has 3 aromatic rings. The van der Waals surface area contributed by atoms with Gasteiger partial charge in [0.15, 0.2) is 0 Å². The first kappa shape index (κ1) is 22.2. The molecule has 0 atom stereocenters. The summed E-state index contributed by atoms with van der Waals surface area (Å²) < 4.78 is 10.2. The van der Waals surface area contributed by atoms with Crippen LogP contribution in [0.15, 0.2) is 76.9 Å². The first-order valence-corrected chi connectivity index (χ1v) is 9.51. The van der Waals surface area contributed by atoms with E-state index < -0.39 is 11.8 Å². The Balaban J connectivity index is 1.56. The van der Waals surface area contributed by atoms with Gasteiger partial charge in [0.25, 0.3) is 11.8 Å². The summed E-state index contributed by atoms with van der Waals surface area (Å²) in [5.41, 5.74) is 6.41. The minimum atomic E-state index is -0.550. The average Bonchev–Trinajstić information content (AvgIpc) is 2.84. The van der Waals surface area contributed by atoms with Gasteiger partial charge in [-0.3, -0.25) is 9.59 Å². The fraction of sp³-hybridized carbons (Fsp3) is 0.0870. The highest BCUT2D eigenvalue weighted by molar-refractivity contribution is 5.97. The highest BCUT2D eigenvalue weighted by atomic mass is 16.5. The number of hydrazone groups is 2. The molecule has 0 unspecified atom stereocenters. The maximum absolute atomic E-state index is 12.3. The van der Waals surface area contributed by atoms with Gasteiger partial charge in [0.1, 0.15) is 22.9 Å². The number of methoxy groups -OCH3 is 2. The minimum Gasteiger partial charge on any atom is -0.497 e. The second-order valence-electron chi connectivity index (χ2n) is 6.35. The Bertz CT molecular complexity index is 1040. The van der Waals surface area contributed by atoms with E-state index in [0.717, 1.165) is 22.6 Å². The van der Waals surface area contributed by atoms with Crippen LogP contribution in [0.2, 0.25) is 0 Å². The minimum absolute atomic E-state index is 0.0451. The van der Waals surface area contributed by atoms with Gasteiger partial charge < -0.3 is 9.47 Å². The molecule has 0 saturated heterocycles. The molecule has 2 amide bonds. The number of nitrogens with zero attached hydrogens (tertiary/aromatic N) is 3. The Labute approximate surface area is 184 Å². The number of hydrogen-bond acceptors (Lipinski definition) is 7. The van der Waals surface area contributed by atoms with Crippen molar-refractivity contribution in [2.24, 2.45) is 10.2 Å². The Kier molecular flexibility index (Phi) is 7.63. The lowest BCUT2D eigenvalue weighted by molar-refractivity contribution is 0.0945. The van der Waals surface area contributed by atoms with Gasteiger partial charge >= 0.3 is 0 Å². The molecule has 32 heavy (non-hydrogen) atoms. The Morgan fingerprint density at radius 2 is 1.12 bits per heavy atom. The van der Waals surface area contributed by atoms with Gasteiger partial charge in [0, 0.05) is 0 Å². The molecule has 1 aromatic heterocycles. The third-order valence-electron chi connectivity index (χ3n) is 4.21. The summed E-state index contributed by atoms with van der Waals surface area (Å²) >= 11 is 0. The summed E-state index contributed by atoms with van der Waals surface area (Å²) in [6.07, 6.45) is 2.98. The number of rotatable bonds is 8. The first-order valence-electron chi connectivity index (χ1n) is 9.51. The maximum Gasteiger partial charge on any atom is 0.289 e. The molecule has 0 saturated carbocycles. The second kappa shape index (κ2) is 11.0. The van der Waals surface area contributed by atoms with E-state index in [-0.39, 0.29) is 11.4 Å². The molecule has 162 valence electrons. The third-order valence-corrected chi connectivity index (χ3v) is 4.21. The molecule has 9 heteroatoms. The van der Waals surface area contributed by atoms with Gasteiger partial charge in [0.2, 0.25) is 0 Å². The summed E-state index contributed by atoms with van der Waals surface area (Å²) in [6.45, 7) is 0. The molecule has 0 aliphatic carbocycles. The van der Waals surface area contributed by atoms with Crippen molar-refractivity contribution in [3.8, 4) is 11.5 Å². The number of hydrogen-bond donors (Lipinski definition) is 2. The summed E-state index contributed by atoms with van der Waals surface area (Å²) in [7, 11) is 3.16. The Morgan fingerprint density at radius 1 is 0.719 bits per heavy atom. The zero-order valence-corrected chi connectivity index (χ0v) is 17.5. The average molecular weight is 431 g/mol. The quantitative estimate of drug-likeness (QED) is 0.420. The number of aromatic nitrogens is 1. The third kappa shape index (κ3) is 6.23. The van der Waals surface area contributed by atoms with Crippen molar-refractivity contribution in [3.63, 3.8) is 0 Å². The highest BCUT2D eigenvalue weighted by Crippen LogP contribution is 2.10. The first-order chi connectivity index (χ1) is 15.6. The van der Waals surface area contributed by atoms with Crippen LogP contribution in [0.4, 0.5) is 0 Å². The van der Waals surface area contributed by atoms with Crippen LogP contribution >= 0.6 is 0 Å². The number of benzene rings is 2. The lowest BCUT2D eigenvalue weighted by Crippen LogP contribution is -2.23. The van der Waals surface area contributed by atoms with Crippen molar-refractivity contribution < 1.29 is 19.1 Å². The molecule has 0 fully saturated rings. The van der Waals surface area contributed by atoms with Gasteiger partial charge in [-0.15, -0.1) is 0 Å². The van der Waals surface area contributed by atoms with Crippen molar-refractivity contribution in [2.75, 3.05) is 14.2 Å². The van der Waals surface area contributed by atoms with Gasteiger partial charge in [-0.1, -0.05) is 6.07 Å². The van der Waals surface area contributed by atoms with Gasteiger partial charge in [-0.2, -0.15) is 10.2 Å². The molecule has 0 radical (unpaired) electrons. The standard InChI is InChI=1S/C23H21N5O4/c1-31-18-10-6-16(7-11-18)14-24-27-22(29)20-4-3-5-21(26-20)23(30)28-25-15-17-8-12-19(32-2)13-9-17/h3-15H,1-2H3,(H,27,29)(H,28,30). The molecule has 2 N–H and O–H groups in total. The monoisotopic (exact) mass is 431 g/mol. The largest absolute Gasteiger partial charge is 0.497 e. The number of pyridine rings is 1. The topological polar surface area (TPSA) is 114 Å². The van der Waals surface area contributed by atoms with Crippen LogP contribution in [-0.4, -0.2) is 43.4 Å². The van der Waals surface area contributed by atoms with E-state index in [4.69, 9.17) is 9.47 Å². The number of carbonyl (C=O) groups excluding carboxylic acids is 2. The van der Waals surface area contributed by atoms with E-state index in [1.165, 1.54) is 24.6 Å². The summed E-state index contributed by atoms with van der Waals surface area (Å²) in [6, 6.07) is 18.8. The van der Waals surface area contributed by atoms with E-state index in [1.807, 2.05) is 0 Å². The second-order valence-corrected chi connectivity index (χ2v) is 6.35. The van der Waals surface area contributed by atoms with Crippen LogP contribution < -0.4 is 20.3 Å². The summed E-state index contributed by atoms with van der Waals surface area (Å²) in [4.78, 5) is 28.6. The van der Waals surface area contributed by atoms with Gasteiger partial charge in [-0.25, -0.2) is 15.8 Å². The zero-order chi connectivity index (χ0) is 22.8. The number of carbonyl (C=O) groups is 2. The van der Waals surface area contributed by atoms with Crippen LogP contribution in [0.25, 0.3) is 0 Å². The van der Waals surface area contributed by atoms with E-state index in [2.05, 4.69) is 26.0 Å². The molecule has 0 bridgehead atoms.